The highest BCUT2D eigenvalue weighted by Crippen LogP contribution is 2.49. The van der Waals surface area contributed by atoms with Crippen LogP contribution in [0.15, 0.2) is 12.2 Å². The molecule has 0 aromatic heterocycles. The maximum absolute atomic E-state index is 12.3. The molecule has 7 nitrogen and oxygen atoms in total. The fourth-order valence-electron chi connectivity index (χ4n) is 1.17. The minimum Gasteiger partial charge on any atom is -0.364 e. The molecule has 22 heavy (non-hydrogen) atoms. The normalized spacial score (nSPS) is 15.3. The number of nitrogens with zero attached hydrogens (tertiary/aromatic N) is 1. The smallest absolute Gasteiger partial charge is 0.364 e. The Hall–Kier alpha value is -0.740. The van der Waals surface area contributed by atoms with Crippen LogP contribution in [0, 0.1) is 17.2 Å². The molecule has 0 bridgehead atoms. The molecule has 0 aliphatic carbocycles. The number of ether oxygens (including phenoxy) is 1. The van der Waals surface area contributed by atoms with Crippen LogP contribution in [0.3, 0.4) is 0 Å². The van der Waals surface area contributed by atoms with Gasteiger partial charge in [-0.1, -0.05) is 20.4 Å². The lowest BCUT2D eigenvalue weighted by atomic mass is 10.2. The number of aliphatic hydroxyl groups is 1. The van der Waals surface area contributed by atoms with Crippen LogP contribution >= 0.6 is 7.82 Å². The lowest BCUT2D eigenvalue weighted by Gasteiger charge is -2.18. The lowest BCUT2D eigenvalue weighted by Crippen LogP contribution is -2.16. The summed E-state index contributed by atoms with van der Waals surface area (Å²) in [7, 11) is -3.72. The van der Waals surface area contributed by atoms with Gasteiger partial charge in [0.1, 0.15) is 0 Å². The van der Waals surface area contributed by atoms with E-state index in [-0.39, 0.29) is 32.8 Å². The minimum atomic E-state index is -3.72. The van der Waals surface area contributed by atoms with Gasteiger partial charge in [-0.2, -0.15) is 5.26 Å². The van der Waals surface area contributed by atoms with Crippen LogP contribution in [0.4, 0.5) is 0 Å². The van der Waals surface area contributed by atoms with Gasteiger partial charge in [0.25, 0.3) is 0 Å². The number of phosphoric ester groups is 1. The summed E-state index contributed by atoms with van der Waals surface area (Å²) in [5, 5.41) is 17.9. The second kappa shape index (κ2) is 11.8. The maximum atomic E-state index is 12.3. The largest absolute Gasteiger partial charge is 0.474 e. The molecule has 0 heterocycles. The highest BCUT2D eigenvalue weighted by Gasteiger charge is 2.26. The van der Waals surface area contributed by atoms with Gasteiger partial charge in [0.05, 0.1) is 38.9 Å². The Balaban J connectivity index is 4.24. The zero-order valence-electron chi connectivity index (χ0n) is 13.5. The van der Waals surface area contributed by atoms with Gasteiger partial charge in [-0.25, -0.2) is 4.57 Å². The SMILES string of the molecule is C=C(C)C(O)OCCOP(=O)(OCCC#N)OCCC(C)C. The Labute approximate surface area is 132 Å². The van der Waals surface area contributed by atoms with Gasteiger partial charge in [-0.05, 0) is 24.8 Å². The van der Waals surface area contributed by atoms with E-state index in [0.29, 0.717) is 17.9 Å². The Morgan fingerprint density at radius 2 is 1.82 bits per heavy atom. The van der Waals surface area contributed by atoms with E-state index >= 15 is 0 Å². The first-order chi connectivity index (χ1) is 10.3. The van der Waals surface area contributed by atoms with Gasteiger partial charge in [0, 0.05) is 0 Å². The predicted molar refractivity (Wildman–Crippen MR) is 81.9 cm³/mol. The van der Waals surface area contributed by atoms with Crippen LogP contribution < -0.4 is 0 Å². The van der Waals surface area contributed by atoms with Gasteiger partial charge in [0.2, 0.25) is 0 Å². The number of aliphatic hydroxyl groups excluding tert-OH is 1. The molecule has 0 fully saturated rings. The van der Waals surface area contributed by atoms with Gasteiger partial charge in [0.15, 0.2) is 6.29 Å². The zero-order valence-corrected chi connectivity index (χ0v) is 14.4. The van der Waals surface area contributed by atoms with Crippen LogP contribution in [-0.2, 0) is 22.9 Å². The van der Waals surface area contributed by atoms with E-state index in [1.807, 2.05) is 19.9 Å². The quantitative estimate of drug-likeness (QED) is 0.239. The Morgan fingerprint density at radius 1 is 1.23 bits per heavy atom. The third kappa shape index (κ3) is 10.9. The molecule has 0 aliphatic heterocycles. The molecule has 8 heteroatoms. The van der Waals surface area contributed by atoms with Crippen LogP contribution in [0.1, 0.15) is 33.6 Å². The van der Waals surface area contributed by atoms with E-state index in [2.05, 4.69) is 6.58 Å². The number of nitriles is 1. The predicted octanol–water partition coefficient (Wildman–Crippen LogP) is 3.02. The van der Waals surface area contributed by atoms with E-state index in [0.717, 1.165) is 0 Å². The van der Waals surface area contributed by atoms with Crippen molar-refractivity contribution < 1.29 is 28.0 Å². The fraction of sp³-hybridized carbons (Fsp3) is 0.786. The van der Waals surface area contributed by atoms with Crippen LogP contribution in [0.2, 0.25) is 0 Å². The van der Waals surface area contributed by atoms with E-state index in [9.17, 15) is 9.67 Å². The molecule has 2 unspecified atom stereocenters. The molecule has 0 radical (unpaired) electrons. The average molecular weight is 335 g/mol. The minimum absolute atomic E-state index is 0.00711. The van der Waals surface area contributed by atoms with Gasteiger partial charge in [-0.3, -0.25) is 13.6 Å². The summed E-state index contributed by atoms with van der Waals surface area (Å²) in [5.41, 5.74) is 0.460. The number of rotatable bonds is 13. The summed E-state index contributed by atoms with van der Waals surface area (Å²) >= 11 is 0. The molecule has 0 spiro atoms. The van der Waals surface area contributed by atoms with Crippen molar-refractivity contribution in [2.75, 3.05) is 26.4 Å². The standard InChI is InChI=1S/C14H26NO6P/c1-12(2)6-9-20-22(17,19-8-5-7-15)21-11-10-18-14(16)13(3)4/h12,14,16H,3,5-6,8-11H2,1-2,4H3. The molecule has 0 saturated carbocycles. The monoisotopic (exact) mass is 335 g/mol. The fourth-order valence-corrected chi connectivity index (χ4v) is 2.33. The van der Waals surface area contributed by atoms with E-state index in [1.165, 1.54) is 0 Å². The second-order valence-electron chi connectivity index (χ2n) is 5.11. The first kappa shape index (κ1) is 21.3. The molecule has 1 N–H and O–H groups in total. The second-order valence-corrected chi connectivity index (χ2v) is 6.78. The molecule has 0 aromatic rings. The molecular formula is C14H26NO6P. The summed E-state index contributed by atoms with van der Waals surface area (Å²) < 4.78 is 32.7. The summed E-state index contributed by atoms with van der Waals surface area (Å²) in [6, 6.07) is 1.88. The molecule has 0 rings (SSSR count). The van der Waals surface area contributed by atoms with Crippen molar-refractivity contribution in [1.82, 2.24) is 0 Å². The Morgan fingerprint density at radius 3 is 2.36 bits per heavy atom. The van der Waals surface area contributed by atoms with Gasteiger partial charge >= 0.3 is 7.82 Å². The lowest BCUT2D eigenvalue weighted by molar-refractivity contribution is -0.0812. The van der Waals surface area contributed by atoms with Crippen molar-refractivity contribution in [3.05, 3.63) is 12.2 Å². The average Bonchev–Trinajstić information content (AvgIpc) is 2.43. The first-order valence-electron chi connectivity index (χ1n) is 7.16. The van der Waals surface area contributed by atoms with Gasteiger partial charge < -0.3 is 9.84 Å². The molecule has 0 aliphatic rings. The topological polar surface area (TPSA) is 98.0 Å². The molecule has 0 saturated heterocycles. The molecule has 0 aromatic carbocycles. The highest BCUT2D eigenvalue weighted by atomic mass is 31.2. The van der Waals surface area contributed by atoms with Crippen LogP contribution in [-0.4, -0.2) is 37.8 Å². The van der Waals surface area contributed by atoms with Crippen molar-refractivity contribution in [3.8, 4) is 6.07 Å². The van der Waals surface area contributed by atoms with Crippen molar-refractivity contribution >= 4 is 7.82 Å². The van der Waals surface area contributed by atoms with Crippen LogP contribution in [0.5, 0.6) is 0 Å². The van der Waals surface area contributed by atoms with Gasteiger partial charge in [-0.15, -0.1) is 0 Å². The van der Waals surface area contributed by atoms with E-state index in [4.69, 9.17) is 23.6 Å². The third-order valence-corrected chi connectivity index (χ3v) is 3.93. The van der Waals surface area contributed by atoms with E-state index < -0.39 is 14.1 Å². The highest BCUT2D eigenvalue weighted by molar-refractivity contribution is 7.48. The van der Waals surface area contributed by atoms with E-state index in [1.54, 1.807) is 6.92 Å². The summed E-state index contributed by atoms with van der Waals surface area (Å²) in [6.07, 6.45) is -0.296. The first-order valence-corrected chi connectivity index (χ1v) is 8.62. The van der Waals surface area contributed by atoms with Crippen molar-refractivity contribution in [2.45, 2.75) is 39.9 Å². The summed E-state index contributed by atoms with van der Waals surface area (Å²) in [4.78, 5) is 0. The number of hydrogen-bond donors (Lipinski definition) is 1. The van der Waals surface area contributed by atoms with Crippen molar-refractivity contribution in [3.63, 3.8) is 0 Å². The van der Waals surface area contributed by atoms with Crippen molar-refractivity contribution in [2.24, 2.45) is 5.92 Å². The van der Waals surface area contributed by atoms with Crippen molar-refractivity contribution in [1.29, 1.82) is 5.26 Å². The molecule has 2 atom stereocenters. The zero-order chi connectivity index (χ0) is 17.0. The molecule has 0 amide bonds. The number of hydrogen-bond acceptors (Lipinski definition) is 7. The Bertz CT molecular complexity index is 407. The summed E-state index contributed by atoms with van der Waals surface area (Å²) in [5.74, 6) is 0.390. The maximum Gasteiger partial charge on any atom is 0.474 e. The van der Waals surface area contributed by atoms with Crippen LogP contribution in [0.25, 0.3) is 0 Å². The Kier molecular flexibility index (Phi) is 11.4. The number of phosphoric acid groups is 1. The molecule has 128 valence electrons. The molecular weight excluding hydrogens is 309 g/mol. The summed E-state index contributed by atoms with van der Waals surface area (Å²) in [6.45, 7) is 9.31. The third-order valence-electron chi connectivity index (χ3n) is 2.44.